The highest BCUT2D eigenvalue weighted by molar-refractivity contribution is 5.70. The van der Waals surface area contributed by atoms with Gasteiger partial charge in [0.25, 0.3) is 0 Å². The number of nitrogens with zero attached hydrogens (tertiary/aromatic N) is 1. The van der Waals surface area contributed by atoms with Crippen LogP contribution in [0.25, 0.3) is 0 Å². The van der Waals surface area contributed by atoms with Gasteiger partial charge in [-0.05, 0) is 63.9 Å². The van der Waals surface area contributed by atoms with Gasteiger partial charge in [0.15, 0.2) is 0 Å². The minimum absolute atomic E-state index is 0.174. The number of carboxylic acid groups (broad SMARTS) is 1. The van der Waals surface area contributed by atoms with Crippen LogP contribution in [0.3, 0.4) is 0 Å². The average molecular weight is 291 g/mol. The van der Waals surface area contributed by atoms with Crippen molar-refractivity contribution >= 4 is 5.97 Å². The molecule has 0 amide bonds. The maximum Gasteiger partial charge on any atom is 0.306 e. The first kappa shape index (κ1) is 15.8. The summed E-state index contributed by atoms with van der Waals surface area (Å²) in [5.74, 6) is 0.129. The summed E-state index contributed by atoms with van der Waals surface area (Å²) in [5.41, 5.74) is 3.72. The molecule has 1 aromatic rings. The quantitative estimate of drug-likeness (QED) is 0.906. The third kappa shape index (κ3) is 3.97. The fourth-order valence-corrected chi connectivity index (χ4v) is 2.84. The van der Waals surface area contributed by atoms with E-state index in [0.29, 0.717) is 6.61 Å². The highest BCUT2D eigenvalue weighted by Crippen LogP contribution is 2.27. The van der Waals surface area contributed by atoms with Crippen LogP contribution >= 0.6 is 0 Å². The van der Waals surface area contributed by atoms with Crippen LogP contribution in [0.2, 0.25) is 0 Å². The van der Waals surface area contributed by atoms with Crippen molar-refractivity contribution in [2.24, 2.45) is 5.92 Å². The number of hydrogen-bond donors (Lipinski definition) is 1. The molecular formula is C17H25NO3. The molecule has 4 heteroatoms. The Morgan fingerprint density at radius 1 is 1.29 bits per heavy atom. The van der Waals surface area contributed by atoms with Crippen molar-refractivity contribution in [3.8, 4) is 5.75 Å². The smallest absolute Gasteiger partial charge is 0.306 e. The van der Waals surface area contributed by atoms with Crippen LogP contribution in [0.4, 0.5) is 0 Å². The Kier molecular flexibility index (Phi) is 5.23. The van der Waals surface area contributed by atoms with Gasteiger partial charge in [-0.3, -0.25) is 9.69 Å². The van der Waals surface area contributed by atoms with Crippen LogP contribution in [-0.4, -0.2) is 35.7 Å². The number of likely N-dealkylation sites (tertiary alicyclic amines) is 1. The summed E-state index contributed by atoms with van der Waals surface area (Å²) in [6, 6.07) is 4.31. The summed E-state index contributed by atoms with van der Waals surface area (Å²) < 4.78 is 5.75. The van der Waals surface area contributed by atoms with Gasteiger partial charge in [-0.1, -0.05) is 6.07 Å². The molecule has 0 aromatic heterocycles. The van der Waals surface area contributed by atoms with E-state index in [1.165, 1.54) is 16.7 Å². The molecule has 0 saturated carbocycles. The second kappa shape index (κ2) is 6.94. The lowest BCUT2D eigenvalue weighted by atomic mass is 9.96. The van der Waals surface area contributed by atoms with Crippen molar-refractivity contribution in [1.82, 2.24) is 4.90 Å². The van der Waals surface area contributed by atoms with Crippen molar-refractivity contribution in [3.05, 3.63) is 28.8 Å². The van der Waals surface area contributed by atoms with E-state index in [0.717, 1.165) is 38.2 Å². The number of carboxylic acids is 1. The molecule has 2 rings (SSSR count). The molecule has 116 valence electrons. The van der Waals surface area contributed by atoms with Gasteiger partial charge in [-0.15, -0.1) is 0 Å². The van der Waals surface area contributed by atoms with E-state index in [9.17, 15) is 4.79 Å². The third-order valence-electron chi connectivity index (χ3n) is 4.31. The molecule has 1 fully saturated rings. The number of hydrogen-bond acceptors (Lipinski definition) is 3. The first-order valence-corrected chi connectivity index (χ1v) is 7.69. The minimum atomic E-state index is -0.657. The second-order valence-electron chi connectivity index (χ2n) is 5.87. The summed E-state index contributed by atoms with van der Waals surface area (Å²) in [7, 11) is 0. The molecule has 0 aliphatic carbocycles. The number of carbonyl (C=O) groups is 1. The fraction of sp³-hybridized carbons (Fsp3) is 0.588. The molecular weight excluding hydrogens is 266 g/mol. The van der Waals surface area contributed by atoms with Crippen molar-refractivity contribution in [2.45, 2.75) is 40.2 Å². The summed E-state index contributed by atoms with van der Waals surface area (Å²) in [5, 5.41) is 9.06. The number of benzene rings is 1. The van der Waals surface area contributed by atoms with E-state index in [1.54, 1.807) is 0 Å². The molecule has 4 nitrogen and oxygen atoms in total. The Hall–Kier alpha value is -1.55. The van der Waals surface area contributed by atoms with Gasteiger partial charge in [-0.25, -0.2) is 0 Å². The van der Waals surface area contributed by atoms with E-state index in [4.69, 9.17) is 9.84 Å². The van der Waals surface area contributed by atoms with Crippen molar-refractivity contribution in [1.29, 1.82) is 0 Å². The Balaban J connectivity index is 2.06. The topological polar surface area (TPSA) is 49.8 Å². The number of piperidine rings is 1. The first-order valence-electron chi connectivity index (χ1n) is 7.69. The highest BCUT2D eigenvalue weighted by atomic mass is 16.5. The number of ether oxygens (including phenoxy) is 1. The zero-order valence-electron chi connectivity index (χ0n) is 13.2. The molecule has 1 aliphatic rings. The molecule has 21 heavy (non-hydrogen) atoms. The SMILES string of the molecule is CCOc1cc(C)c(C)cc1CN1CCC(C(=O)O)CC1. The van der Waals surface area contributed by atoms with Crippen molar-refractivity contribution in [3.63, 3.8) is 0 Å². The Bertz CT molecular complexity index is 505. The molecule has 0 radical (unpaired) electrons. The normalized spacial score (nSPS) is 16.9. The van der Waals surface area contributed by atoms with E-state index in [1.807, 2.05) is 6.92 Å². The van der Waals surface area contributed by atoms with E-state index in [2.05, 4.69) is 30.9 Å². The molecule has 0 unspecified atom stereocenters. The van der Waals surface area contributed by atoms with Gasteiger partial charge in [0.1, 0.15) is 5.75 Å². The Morgan fingerprint density at radius 2 is 1.90 bits per heavy atom. The average Bonchev–Trinajstić information content (AvgIpc) is 2.45. The summed E-state index contributed by atoms with van der Waals surface area (Å²) in [4.78, 5) is 13.3. The Labute approximate surface area is 126 Å². The maximum atomic E-state index is 11.0. The van der Waals surface area contributed by atoms with E-state index in [-0.39, 0.29) is 5.92 Å². The summed E-state index contributed by atoms with van der Waals surface area (Å²) in [6.45, 7) is 9.40. The van der Waals surface area contributed by atoms with Gasteiger partial charge in [-0.2, -0.15) is 0 Å². The van der Waals surface area contributed by atoms with Crippen LogP contribution in [0.1, 0.15) is 36.5 Å². The molecule has 0 atom stereocenters. The van der Waals surface area contributed by atoms with Gasteiger partial charge in [0.2, 0.25) is 0 Å². The zero-order chi connectivity index (χ0) is 15.4. The van der Waals surface area contributed by atoms with Gasteiger partial charge in [0.05, 0.1) is 12.5 Å². The minimum Gasteiger partial charge on any atom is -0.494 e. The zero-order valence-corrected chi connectivity index (χ0v) is 13.2. The molecule has 0 spiro atoms. The fourth-order valence-electron chi connectivity index (χ4n) is 2.84. The molecule has 1 N–H and O–H groups in total. The van der Waals surface area contributed by atoms with Crippen LogP contribution in [0.5, 0.6) is 5.75 Å². The molecule has 1 heterocycles. The molecule has 1 aromatic carbocycles. The second-order valence-corrected chi connectivity index (χ2v) is 5.87. The standard InChI is InChI=1S/C17H25NO3/c1-4-21-16-10-13(3)12(2)9-15(16)11-18-7-5-14(6-8-18)17(19)20/h9-10,14H,4-8,11H2,1-3H3,(H,19,20). The van der Waals surface area contributed by atoms with Crippen LogP contribution < -0.4 is 4.74 Å². The molecule has 0 bridgehead atoms. The maximum absolute atomic E-state index is 11.0. The number of aryl methyl sites for hydroxylation is 2. The summed E-state index contributed by atoms with van der Waals surface area (Å²) in [6.07, 6.45) is 1.48. The lowest BCUT2D eigenvalue weighted by Crippen LogP contribution is -2.35. The van der Waals surface area contributed by atoms with Crippen molar-refractivity contribution < 1.29 is 14.6 Å². The lowest BCUT2D eigenvalue weighted by molar-refractivity contribution is -0.143. The van der Waals surface area contributed by atoms with Gasteiger partial charge in [0, 0.05) is 12.1 Å². The van der Waals surface area contributed by atoms with Crippen LogP contribution in [0, 0.1) is 19.8 Å². The number of rotatable bonds is 5. The van der Waals surface area contributed by atoms with Crippen LogP contribution in [0.15, 0.2) is 12.1 Å². The lowest BCUT2D eigenvalue weighted by Gasteiger charge is -2.30. The molecule has 1 saturated heterocycles. The van der Waals surface area contributed by atoms with Crippen molar-refractivity contribution in [2.75, 3.05) is 19.7 Å². The predicted molar refractivity (Wildman–Crippen MR) is 82.7 cm³/mol. The Morgan fingerprint density at radius 3 is 2.48 bits per heavy atom. The largest absolute Gasteiger partial charge is 0.494 e. The first-order chi connectivity index (χ1) is 10.0. The van der Waals surface area contributed by atoms with E-state index < -0.39 is 5.97 Å². The van der Waals surface area contributed by atoms with Crippen LogP contribution in [-0.2, 0) is 11.3 Å². The van der Waals surface area contributed by atoms with Gasteiger partial charge < -0.3 is 9.84 Å². The van der Waals surface area contributed by atoms with Gasteiger partial charge >= 0.3 is 5.97 Å². The molecule has 1 aliphatic heterocycles. The highest BCUT2D eigenvalue weighted by Gasteiger charge is 2.24. The summed E-state index contributed by atoms with van der Waals surface area (Å²) >= 11 is 0. The van der Waals surface area contributed by atoms with E-state index >= 15 is 0 Å². The predicted octanol–water partition coefficient (Wildman–Crippen LogP) is 3.00. The monoisotopic (exact) mass is 291 g/mol. The number of aliphatic carboxylic acids is 1. The third-order valence-corrected chi connectivity index (χ3v) is 4.31.